The molecule has 1 saturated carbocycles. The number of anilines is 1. The highest BCUT2D eigenvalue weighted by molar-refractivity contribution is 6.02. The quantitative estimate of drug-likeness (QED) is 0.725. The zero-order valence-electron chi connectivity index (χ0n) is 16.0. The highest BCUT2D eigenvalue weighted by atomic mass is 16.5. The number of nitrogens with one attached hydrogen (secondary N) is 1. The van der Waals surface area contributed by atoms with Crippen molar-refractivity contribution in [1.82, 2.24) is 0 Å². The molecule has 0 bridgehead atoms. The lowest BCUT2D eigenvalue weighted by atomic mass is 9.80. The number of carbonyl (C=O) groups is 1. The number of carbonyl (C=O) groups excluding carboxylic acids is 1. The molecule has 0 spiro atoms. The number of benzene rings is 2. The van der Waals surface area contributed by atoms with E-state index in [-0.39, 0.29) is 5.91 Å². The standard InChI is InChI=1S/C22H25NO4/c1-25-19-13-18(14-20(26-2)22(19)27-3)23-21(24)11-10-15-6-4-9-17(12-15)16-7-5-8-16/h4,6,9-14,16H,5,7-8H2,1-3H3,(H,23,24)/b11-10+. The Hall–Kier alpha value is -2.95. The third kappa shape index (κ3) is 4.42. The second-order valence-corrected chi connectivity index (χ2v) is 6.53. The highest BCUT2D eigenvalue weighted by Gasteiger charge is 2.19. The van der Waals surface area contributed by atoms with Gasteiger partial charge in [-0.05, 0) is 36.0 Å². The van der Waals surface area contributed by atoms with Gasteiger partial charge in [0.15, 0.2) is 11.5 Å². The summed E-state index contributed by atoms with van der Waals surface area (Å²) in [7, 11) is 4.62. The van der Waals surface area contributed by atoms with Crippen LogP contribution in [0.1, 0.15) is 36.3 Å². The summed E-state index contributed by atoms with van der Waals surface area (Å²) in [6.45, 7) is 0. The van der Waals surface area contributed by atoms with Crippen LogP contribution in [0.3, 0.4) is 0 Å². The average Bonchev–Trinajstić information content (AvgIpc) is 2.64. The largest absolute Gasteiger partial charge is 0.493 e. The van der Waals surface area contributed by atoms with E-state index < -0.39 is 0 Å². The molecule has 2 aromatic carbocycles. The fourth-order valence-electron chi connectivity index (χ4n) is 3.17. The molecule has 3 rings (SSSR count). The summed E-state index contributed by atoms with van der Waals surface area (Å²) >= 11 is 0. The molecule has 0 unspecified atom stereocenters. The van der Waals surface area contributed by atoms with Gasteiger partial charge in [0.1, 0.15) is 0 Å². The SMILES string of the molecule is COc1cc(NC(=O)/C=C/c2cccc(C3CCC3)c2)cc(OC)c1OC. The van der Waals surface area contributed by atoms with Crippen molar-refractivity contribution in [3.63, 3.8) is 0 Å². The first-order chi connectivity index (χ1) is 13.1. The highest BCUT2D eigenvalue weighted by Crippen LogP contribution is 2.40. The predicted molar refractivity (Wildman–Crippen MR) is 107 cm³/mol. The van der Waals surface area contributed by atoms with Crippen LogP contribution >= 0.6 is 0 Å². The molecule has 0 heterocycles. The maximum Gasteiger partial charge on any atom is 0.248 e. The Bertz CT molecular complexity index is 815. The molecule has 0 aromatic heterocycles. The third-order valence-electron chi connectivity index (χ3n) is 4.85. The molecule has 27 heavy (non-hydrogen) atoms. The molecular formula is C22H25NO4. The van der Waals surface area contributed by atoms with E-state index in [1.807, 2.05) is 18.2 Å². The smallest absolute Gasteiger partial charge is 0.248 e. The van der Waals surface area contributed by atoms with Crippen molar-refractivity contribution in [1.29, 1.82) is 0 Å². The average molecular weight is 367 g/mol. The Morgan fingerprint density at radius 3 is 2.30 bits per heavy atom. The van der Waals surface area contributed by atoms with Gasteiger partial charge in [0, 0.05) is 23.9 Å². The Labute approximate surface area is 159 Å². The number of methoxy groups -OCH3 is 3. The second-order valence-electron chi connectivity index (χ2n) is 6.53. The second kappa shape index (κ2) is 8.62. The number of rotatable bonds is 7. The maximum atomic E-state index is 12.3. The minimum atomic E-state index is -0.224. The number of ether oxygens (including phenoxy) is 3. The Kier molecular flexibility index (Phi) is 6.01. The molecule has 1 aliphatic rings. The van der Waals surface area contributed by atoms with Crippen LogP contribution in [0.2, 0.25) is 0 Å². The van der Waals surface area contributed by atoms with Gasteiger partial charge in [0.2, 0.25) is 11.7 Å². The molecule has 5 nitrogen and oxygen atoms in total. The molecular weight excluding hydrogens is 342 g/mol. The molecule has 1 N–H and O–H groups in total. The molecule has 1 amide bonds. The van der Waals surface area contributed by atoms with Gasteiger partial charge in [-0.3, -0.25) is 4.79 Å². The van der Waals surface area contributed by atoms with Gasteiger partial charge >= 0.3 is 0 Å². The van der Waals surface area contributed by atoms with Gasteiger partial charge in [-0.2, -0.15) is 0 Å². The van der Waals surface area contributed by atoms with Gasteiger partial charge in [-0.15, -0.1) is 0 Å². The van der Waals surface area contributed by atoms with Crippen LogP contribution in [0.5, 0.6) is 17.2 Å². The fourth-order valence-corrected chi connectivity index (χ4v) is 3.17. The molecule has 1 fully saturated rings. The lowest BCUT2D eigenvalue weighted by Crippen LogP contribution is -2.09. The first-order valence-corrected chi connectivity index (χ1v) is 9.03. The van der Waals surface area contributed by atoms with E-state index >= 15 is 0 Å². The van der Waals surface area contributed by atoms with E-state index in [9.17, 15) is 4.79 Å². The van der Waals surface area contributed by atoms with Gasteiger partial charge in [0.05, 0.1) is 21.3 Å². The van der Waals surface area contributed by atoms with Gasteiger partial charge in [-0.1, -0.05) is 30.7 Å². The van der Waals surface area contributed by atoms with E-state index in [2.05, 4.69) is 17.4 Å². The molecule has 5 heteroatoms. The number of hydrogen-bond acceptors (Lipinski definition) is 4. The molecule has 1 aliphatic carbocycles. The summed E-state index contributed by atoms with van der Waals surface area (Å²) in [5.74, 6) is 1.92. The summed E-state index contributed by atoms with van der Waals surface area (Å²) in [5.41, 5.74) is 2.95. The summed E-state index contributed by atoms with van der Waals surface area (Å²) in [4.78, 5) is 12.3. The van der Waals surface area contributed by atoms with Crippen LogP contribution in [-0.4, -0.2) is 27.2 Å². The first-order valence-electron chi connectivity index (χ1n) is 9.03. The van der Waals surface area contributed by atoms with E-state index in [0.29, 0.717) is 28.9 Å². The van der Waals surface area contributed by atoms with E-state index in [1.165, 1.54) is 45.1 Å². The van der Waals surface area contributed by atoms with Gasteiger partial charge in [-0.25, -0.2) is 0 Å². The van der Waals surface area contributed by atoms with Crippen molar-refractivity contribution in [2.75, 3.05) is 26.6 Å². The van der Waals surface area contributed by atoms with Crippen molar-refractivity contribution < 1.29 is 19.0 Å². The monoisotopic (exact) mass is 367 g/mol. The topological polar surface area (TPSA) is 56.8 Å². The Morgan fingerprint density at radius 2 is 1.74 bits per heavy atom. The fraction of sp³-hybridized carbons (Fsp3) is 0.318. The molecule has 0 saturated heterocycles. The molecule has 142 valence electrons. The van der Waals surface area contributed by atoms with Crippen molar-refractivity contribution in [2.45, 2.75) is 25.2 Å². The van der Waals surface area contributed by atoms with E-state index in [1.54, 1.807) is 19.2 Å². The lowest BCUT2D eigenvalue weighted by molar-refractivity contribution is -0.111. The number of amides is 1. The molecule has 0 atom stereocenters. The zero-order valence-corrected chi connectivity index (χ0v) is 16.0. The van der Waals surface area contributed by atoms with Crippen molar-refractivity contribution in [2.24, 2.45) is 0 Å². The third-order valence-corrected chi connectivity index (χ3v) is 4.85. The van der Waals surface area contributed by atoms with E-state index in [0.717, 1.165) is 5.56 Å². The first kappa shape index (κ1) is 18.8. The normalized spacial score (nSPS) is 13.9. The zero-order chi connectivity index (χ0) is 19.2. The van der Waals surface area contributed by atoms with Crippen LogP contribution in [0.15, 0.2) is 42.5 Å². The van der Waals surface area contributed by atoms with Crippen LogP contribution in [0, 0.1) is 0 Å². The molecule has 0 aliphatic heterocycles. The minimum Gasteiger partial charge on any atom is -0.493 e. The Morgan fingerprint density at radius 1 is 1.04 bits per heavy atom. The van der Waals surface area contributed by atoms with Gasteiger partial charge in [0.25, 0.3) is 0 Å². The summed E-state index contributed by atoms with van der Waals surface area (Å²) in [5, 5.41) is 2.83. The predicted octanol–water partition coefficient (Wildman–Crippen LogP) is 4.63. The molecule has 0 radical (unpaired) electrons. The van der Waals surface area contributed by atoms with Crippen LogP contribution < -0.4 is 19.5 Å². The lowest BCUT2D eigenvalue weighted by Gasteiger charge is -2.25. The summed E-state index contributed by atoms with van der Waals surface area (Å²) < 4.78 is 15.9. The van der Waals surface area contributed by atoms with Crippen molar-refractivity contribution >= 4 is 17.7 Å². The van der Waals surface area contributed by atoms with Crippen LogP contribution in [0.25, 0.3) is 6.08 Å². The Balaban J connectivity index is 1.71. The van der Waals surface area contributed by atoms with Crippen molar-refractivity contribution in [3.8, 4) is 17.2 Å². The van der Waals surface area contributed by atoms with Gasteiger partial charge < -0.3 is 19.5 Å². The minimum absolute atomic E-state index is 0.224. The maximum absolute atomic E-state index is 12.3. The summed E-state index contributed by atoms with van der Waals surface area (Å²) in [6.07, 6.45) is 7.18. The number of hydrogen-bond donors (Lipinski definition) is 1. The van der Waals surface area contributed by atoms with E-state index in [4.69, 9.17) is 14.2 Å². The summed E-state index contributed by atoms with van der Waals surface area (Å²) in [6, 6.07) is 11.8. The van der Waals surface area contributed by atoms with Crippen LogP contribution in [-0.2, 0) is 4.79 Å². The van der Waals surface area contributed by atoms with Crippen LogP contribution in [0.4, 0.5) is 5.69 Å². The molecule has 2 aromatic rings. The van der Waals surface area contributed by atoms with Crippen molar-refractivity contribution in [3.05, 3.63) is 53.6 Å².